The van der Waals surface area contributed by atoms with E-state index in [9.17, 15) is 5.11 Å². The second-order valence-electron chi connectivity index (χ2n) is 7.32. The number of fused-ring (bicyclic) bond motifs is 1. The predicted molar refractivity (Wildman–Crippen MR) is 131 cm³/mol. The molecule has 2 N–H and O–H groups in total. The van der Waals surface area contributed by atoms with Crippen LogP contribution in [0.15, 0.2) is 77.0 Å². The Hall–Kier alpha value is -3.22. The minimum absolute atomic E-state index is 0.0133. The summed E-state index contributed by atoms with van der Waals surface area (Å²) in [5.41, 5.74) is 5.16. The molecule has 0 radical (unpaired) electrons. The van der Waals surface area contributed by atoms with Gasteiger partial charge < -0.3 is 15.0 Å². The standard InChI is InChI=1S/C24H21ClN4OS/c1-15-11-12-16(2)20(13-15)26-24(31)28-27-22-18-8-4-6-10-21(18)29(23(22)30)14-17-7-3-5-9-19(17)25/h3-13,30H,14H2,1-2H3,(H,26,31). The van der Waals surface area contributed by atoms with Crippen molar-refractivity contribution in [3.63, 3.8) is 0 Å². The number of hydrogen-bond donors (Lipinski definition) is 2. The Bertz CT molecular complexity index is 1310. The zero-order valence-corrected chi connectivity index (χ0v) is 18.7. The second kappa shape index (κ2) is 8.88. The Morgan fingerprint density at radius 1 is 1.06 bits per heavy atom. The number of rotatable bonds is 4. The van der Waals surface area contributed by atoms with Crippen LogP contribution in [0.5, 0.6) is 5.88 Å². The lowest BCUT2D eigenvalue weighted by molar-refractivity contribution is 0.429. The van der Waals surface area contributed by atoms with Gasteiger partial charge >= 0.3 is 0 Å². The van der Waals surface area contributed by atoms with Crippen LogP contribution in [0.2, 0.25) is 5.02 Å². The van der Waals surface area contributed by atoms with Gasteiger partial charge in [-0.25, -0.2) is 0 Å². The summed E-state index contributed by atoms with van der Waals surface area (Å²) in [5.74, 6) is 0.0133. The van der Waals surface area contributed by atoms with Crippen LogP contribution >= 0.6 is 23.8 Å². The topological polar surface area (TPSA) is 61.9 Å². The van der Waals surface area contributed by atoms with Gasteiger partial charge in [0.1, 0.15) is 0 Å². The van der Waals surface area contributed by atoms with Crippen molar-refractivity contribution in [2.24, 2.45) is 10.2 Å². The average Bonchev–Trinajstić information content (AvgIpc) is 3.02. The first kappa shape index (κ1) is 21.0. The summed E-state index contributed by atoms with van der Waals surface area (Å²) in [6.45, 7) is 4.42. The number of aromatic nitrogens is 1. The smallest absolute Gasteiger partial charge is 0.221 e. The van der Waals surface area contributed by atoms with Crippen molar-refractivity contribution < 1.29 is 5.11 Å². The molecule has 0 amide bonds. The highest BCUT2D eigenvalue weighted by molar-refractivity contribution is 7.80. The number of aryl methyl sites for hydroxylation is 2. The third kappa shape index (κ3) is 4.45. The molecule has 4 rings (SSSR count). The molecular formula is C24H21ClN4OS. The van der Waals surface area contributed by atoms with E-state index >= 15 is 0 Å². The van der Waals surface area contributed by atoms with Crippen LogP contribution in [0.1, 0.15) is 16.7 Å². The molecule has 0 spiro atoms. The fraction of sp³-hybridized carbons (Fsp3) is 0.125. The van der Waals surface area contributed by atoms with E-state index in [0.29, 0.717) is 17.3 Å². The summed E-state index contributed by atoms with van der Waals surface area (Å²) in [6, 6.07) is 21.3. The Morgan fingerprint density at radius 2 is 1.81 bits per heavy atom. The van der Waals surface area contributed by atoms with E-state index < -0.39 is 0 Å². The van der Waals surface area contributed by atoms with Crippen molar-refractivity contribution in [2.45, 2.75) is 20.4 Å². The van der Waals surface area contributed by atoms with E-state index in [1.807, 2.05) is 80.6 Å². The van der Waals surface area contributed by atoms with Gasteiger partial charge in [-0.15, -0.1) is 10.2 Å². The first-order chi connectivity index (χ1) is 14.9. The number of thiocarbonyl (C=S) groups is 1. The summed E-state index contributed by atoms with van der Waals surface area (Å²) in [7, 11) is 0. The zero-order valence-electron chi connectivity index (χ0n) is 17.1. The van der Waals surface area contributed by atoms with Crippen molar-refractivity contribution >= 4 is 51.2 Å². The number of nitrogens with zero attached hydrogens (tertiary/aromatic N) is 3. The maximum atomic E-state index is 11.0. The first-order valence-corrected chi connectivity index (χ1v) is 10.6. The molecule has 0 atom stereocenters. The maximum Gasteiger partial charge on any atom is 0.221 e. The van der Waals surface area contributed by atoms with Crippen LogP contribution in [0.3, 0.4) is 0 Å². The highest BCUT2D eigenvalue weighted by Gasteiger charge is 2.17. The zero-order chi connectivity index (χ0) is 22.0. The summed E-state index contributed by atoms with van der Waals surface area (Å²) < 4.78 is 1.77. The van der Waals surface area contributed by atoms with Crippen LogP contribution in [-0.4, -0.2) is 14.8 Å². The molecule has 7 heteroatoms. The molecule has 0 saturated heterocycles. The van der Waals surface area contributed by atoms with Crippen LogP contribution in [0, 0.1) is 13.8 Å². The third-order valence-electron chi connectivity index (χ3n) is 5.08. The number of nitrogens with one attached hydrogen (secondary N) is 1. The molecule has 0 saturated carbocycles. The van der Waals surface area contributed by atoms with E-state index in [-0.39, 0.29) is 11.0 Å². The molecule has 4 aromatic rings. The number of azo groups is 1. The fourth-order valence-electron chi connectivity index (χ4n) is 3.43. The maximum absolute atomic E-state index is 11.0. The SMILES string of the molecule is Cc1ccc(C)c(NC(=S)N=Nc2c(O)n(Cc3ccccc3Cl)c3ccccc23)c1. The van der Waals surface area contributed by atoms with Gasteiger partial charge in [0.25, 0.3) is 0 Å². The summed E-state index contributed by atoms with van der Waals surface area (Å²) in [6.07, 6.45) is 0. The van der Waals surface area contributed by atoms with Gasteiger partial charge in [0.2, 0.25) is 11.0 Å². The van der Waals surface area contributed by atoms with Crippen molar-refractivity contribution in [3.05, 3.63) is 88.4 Å². The summed E-state index contributed by atoms with van der Waals surface area (Å²) in [4.78, 5) is 0. The molecule has 0 unspecified atom stereocenters. The van der Waals surface area contributed by atoms with Gasteiger partial charge in [0.15, 0.2) is 5.69 Å². The molecule has 1 heterocycles. The van der Waals surface area contributed by atoms with E-state index in [1.54, 1.807) is 4.57 Å². The molecule has 0 fully saturated rings. The Balaban J connectivity index is 1.66. The van der Waals surface area contributed by atoms with Crippen molar-refractivity contribution in [1.82, 2.24) is 4.57 Å². The molecule has 0 aliphatic carbocycles. The van der Waals surface area contributed by atoms with Gasteiger partial charge in [-0.3, -0.25) is 0 Å². The van der Waals surface area contributed by atoms with Crippen LogP contribution in [-0.2, 0) is 6.54 Å². The largest absolute Gasteiger partial charge is 0.493 e. The summed E-state index contributed by atoms with van der Waals surface area (Å²) >= 11 is 11.7. The molecule has 156 valence electrons. The normalized spacial score (nSPS) is 11.3. The molecule has 3 aromatic carbocycles. The third-order valence-corrected chi connectivity index (χ3v) is 5.63. The molecule has 0 aliphatic rings. The van der Waals surface area contributed by atoms with Gasteiger partial charge in [-0.05, 0) is 61.0 Å². The van der Waals surface area contributed by atoms with Gasteiger partial charge in [0.05, 0.1) is 12.1 Å². The van der Waals surface area contributed by atoms with Crippen molar-refractivity contribution in [3.8, 4) is 5.88 Å². The van der Waals surface area contributed by atoms with E-state index in [1.165, 1.54) is 0 Å². The van der Waals surface area contributed by atoms with E-state index in [2.05, 4.69) is 15.5 Å². The van der Waals surface area contributed by atoms with E-state index in [0.717, 1.165) is 33.3 Å². The highest BCUT2D eigenvalue weighted by Crippen LogP contribution is 2.39. The number of benzene rings is 3. The molecule has 5 nitrogen and oxygen atoms in total. The van der Waals surface area contributed by atoms with Crippen molar-refractivity contribution in [2.75, 3.05) is 5.32 Å². The lowest BCUT2D eigenvalue weighted by Crippen LogP contribution is -2.06. The second-order valence-corrected chi connectivity index (χ2v) is 8.11. The predicted octanol–water partition coefficient (Wildman–Crippen LogP) is 7.15. The number of para-hydroxylation sites is 1. The molecule has 0 bridgehead atoms. The Morgan fingerprint density at radius 3 is 2.61 bits per heavy atom. The highest BCUT2D eigenvalue weighted by atomic mass is 35.5. The summed E-state index contributed by atoms with van der Waals surface area (Å²) in [5, 5.41) is 24.1. The number of hydrogen-bond acceptors (Lipinski definition) is 3. The molecular weight excluding hydrogens is 428 g/mol. The molecule has 1 aromatic heterocycles. The van der Waals surface area contributed by atoms with Gasteiger partial charge in [0, 0.05) is 16.1 Å². The fourth-order valence-corrected chi connectivity index (χ4v) is 3.78. The lowest BCUT2D eigenvalue weighted by Gasteiger charge is -2.09. The Kier molecular flexibility index (Phi) is 6.02. The number of anilines is 1. The van der Waals surface area contributed by atoms with Gasteiger partial charge in [-0.1, -0.05) is 60.1 Å². The van der Waals surface area contributed by atoms with Crippen LogP contribution in [0.25, 0.3) is 10.9 Å². The van der Waals surface area contributed by atoms with E-state index in [4.69, 9.17) is 23.8 Å². The minimum Gasteiger partial charge on any atom is -0.493 e. The molecule has 31 heavy (non-hydrogen) atoms. The van der Waals surface area contributed by atoms with Crippen molar-refractivity contribution in [1.29, 1.82) is 0 Å². The number of aromatic hydroxyl groups is 1. The number of halogens is 1. The minimum atomic E-state index is 0.0133. The van der Waals surface area contributed by atoms with Crippen LogP contribution < -0.4 is 5.32 Å². The Labute approximate surface area is 191 Å². The molecule has 0 aliphatic heterocycles. The quantitative estimate of drug-likeness (QED) is 0.257. The lowest BCUT2D eigenvalue weighted by atomic mass is 10.1. The monoisotopic (exact) mass is 448 g/mol. The van der Waals surface area contributed by atoms with Crippen LogP contribution in [0.4, 0.5) is 11.4 Å². The van der Waals surface area contributed by atoms with Gasteiger partial charge in [-0.2, -0.15) is 0 Å². The average molecular weight is 449 g/mol. The first-order valence-electron chi connectivity index (χ1n) is 9.77.